The summed E-state index contributed by atoms with van der Waals surface area (Å²) in [6, 6.07) is 11.8. The van der Waals surface area contributed by atoms with Crippen LogP contribution in [0.4, 0.5) is 0 Å². The SMILES string of the molecule is OCc1cc(Br)cnc1OCC=Cc1ccccc1. The van der Waals surface area contributed by atoms with E-state index in [9.17, 15) is 5.11 Å². The summed E-state index contributed by atoms with van der Waals surface area (Å²) in [5, 5.41) is 9.22. The molecule has 98 valence electrons. The minimum atomic E-state index is -0.0931. The van der Waals surface area contributed by atoms with Crippen molar-refractivity contribution in [2.24, 2.45) is 0 Å². The molecule has 3 nitrogen and oxygen atoms in total. The summed E-state index contributed by atoms with van der Waals surface area (Å²) in [7, 11) is 0. The normalized spacial score (nSPS) is 10.8. The van der Waals surface area contributed by atoms with Crippen molar-refractivity contribution in [1.82, 2.24) is 4.98 Å². The van der Waals surface area contributed by atoms with Gasteiger partial charge >= 0.3 is 0 Å². The Bertz CT molecular complexity index is 555. The molecular weight excluding hydrogens is 306 g/mol. The van der Waals surface area contributed by atoms with Crippen LogP contribution in [-0.2, 0) is 6.61 Å². The molecule has 0 unspecified atom stereocenters. The number of aromatic nitrogens is 1. The van der Waals surface area contributed by atoms with Gasteiger partial charge in [-0.15, -0.1) is 0 Å². The van der Waals surface area contributed by atoms with Crippen molar-refractivity contribution in [1.29, 1.82) is 0 Å². The van der Waals surface area contributed by atoms with Crippen LogP contribution in [0.25, 0.3) is 6.08 Å². The molecule has 0 aliphatic rings. The molecule has 0 fully saturated rings. The van der Waals surface area contributed by atoms with E-state index < -0.39 is 0 Å². The van der Waals surface area contributed by atoms with E-state index in [-0.39, 0.29) is 6.61 Å². The molecule has 0 spiro atoms. The van der Waals surface area contributed by atoms with Crippen LogP contribution in [0.5, 0.6) is 5.88 Å². The lowest BCUT2D eigenvalue weighted by molar-refractivity contribution is 0.266. The lowest BCUT2D eigenvalue weighted by Gasteiger charge is -2.07. The molecular formula is C15H14BrNO2. The van der Waals surface area contributed by atoms with Crippen LogP contribution >= 0.6 is 15.9 Å². The summed E-state index contributed by atoms with van der Waals surface area (Å²) < 4.78 is 6.35. The summed E-state index contributed by atoms with van der Waals surface area (Å²) >= 11 is 3.31. The molecule has 1 aromatic heterocycles. The third-order valence-corrected chi connectivity index (χ3v) is 2.92. The average Bonchev–Trinajstić information content (AvgIpc) is 2.46. The van der Waals surface area contributed by atoms with Gasteiger partial charge in [0.05, 0.1) is 6.61 Å². The molecule has 0 saturated heterocycles. The summed E-state index contributed by atoms with van der Waals surface area (Å²) in [5.41, 5.74) is 1.79. The average molecular weight is 320 g/mol. The van der Waals surface area contributed by atoms with E-state index in [1.54, 1.807) is 12.3 Å². The zero-order valence-electron chi connectivity index (χ0n) is 10.3. The predicted molar refractivity (Wildman–Crippen MR) is 78.8 cm³/mol. The zero-order chi connectivity index (χ0) is 13.5. The quantitative estimate of drug-likeness (QED) is 0.918. The summed E-state index contributed by atoms with van der Waals surface area (Å²) in [5.74, 6) is 0.461. The monoisotopic (exact) mass is 319 g/mol. The lowest BCUT2D eigenvalue weighted by Crippen LogP contribution is -2.00. The largest absolute Gasteiger partial charge is 0.473 e. The summed E-state index contributed by atoms with van der Waals surface area (Å²) in [6.07, 6.45) is 5.55. The number of hydrogen-bond acceptors (Lipinski definition) is 3. The van der Waals surface area contributed by atoms with Gasteiger partial charge in [-0.25, -0.2) is 4.98 Å². The Morgan fingerprint density at radius 3 is 2.79 bits per heavy atom. The van der Waals surface area contributed by atoms with Gasteiger partial charge in [0.2, 0.25) is 5.88 Å². The molecule has 0 radical (unpaired) electrons. The fraction of sp³-hybridized carbons (Fsp3) is 0.133. The smallest absolute Gasteiger partial charge is 0.219 e. The fourth-order valence-electron chi connectivity index (χ4n) is 1.59. The third kappa shape index (κ3) is 4.19. The zero-order valence-corrected chi connectivity index (χ0v) is 11.9. The molecule has 0 amide bonds. The highest BCUT2D eigenvalue weighted by atomic mass is 79.9. The third-order valence-electron chi connectivity index (χ3n) is 2.49. The van der Waals surface area contributed by atoms with Crippen molar-refractivity contribution < 1.29 is 9.84 Å². The number of rotatable bonds is 5. The first-order chi connectivity index (χ1) is 9.29. The molecule has 1 heterocycles. The Balaban J connectivity index is 1.94. The van der Waals surface area contributed by atoms with E-state index in [4.69, 9.17) is 4.74 Å². The van der Waals surface area contributed by atoms with Crippen LogP contribution < -0.4 is 4.74 Å². The van der Waals surface area contributed by atoms with E-state index >= 15 is 0 Å². The van der Waals surface area contributed by atoms with Crippen LogP contribution in [0, 0.1) is 0 Å². The van der Waals surface area contributed by atoms with Gasteiger partial charge in [-0.05, 0) is 33.6 Å². The van der Waals surface area contributed by atoms with Gasteiger partial charge in [0.25, 0.3) is 0 Å². The maximum Gasteiger partial charge on any atom is 0.219 e. The van der Waals surface area contributed by atoms with Crippen LogP contribution in [-0.4, -0.2) is 16.7 Å². The van der Waals surface area contributed by atoms with Gasteiger partial charge in [-0.1, -0.05) is 36.4 Å². The number of aliphatic hydroxyl groups is 1. The topological polar surface area (TPSA) is 42.4 Å². The number of benzene rings is 1. The minimum absolute atomic E-state index is 0.0931. The van der Waals surface area contributed by atoms with E-state index in [0.717, 1.165) is 10.0 Å². The molecule has 0 bridgehead atoms. The number of aliphatic hydroxyl groups excluding tert-OH is 1. The highest BCUT2D eigenvalue weighted by Gasteiger charge is 2.04. The second-order valence-corrected chi connectivity index (χ2v) is 4.82. The molecule has 19 heavy (non-hydrogen) atoms. The molecule has 0 saturated carbocycles. The standard InChI is InChI=1S/C15H14BrNO2/c16-14-9-13(11-18)15(17-10-14)19-8-4-7-12-5-2-1-3-6-12/h1-7,9-10,18H,8,11H2. The molecule has 2 rings (SSSR count). The molecule has 0 aliphatic heterocycles. The fourth-order valence-corrected chi connectivity index (χ4v) is 1.97. The highest BCUT2D eigenvalue weighted by Crippen LogP contribution is 2.19. The van der Waals surface area contributed by atoms with Crippen LogP contribution in [0.2, 0.25) is 0 Å². The van der Waals surface area contributed by atoms with Crippen LogP contribution in [0.1, 0.15) is 11.1 Å². The Labute approximate surface area is 120 Å². The first-order valence-electron chi connectivity index (χ1n) is 5.89. The maximum absolute atomic E-state index is 9.22. The minimum Gasteiger partial charge on any atom is -0.473 e. The van der Waals surface area contributed by atoms with E-state index in [2.05, 4.69) is 20.9 Å². The number of pyridine rings is 1. The Morgan fingerprint density at radius 1 is 1.26 bits per heavy atom. The molecule has 1 aromatic carbocycles. The number of halogens is 1. The van der Waals surface area contributed by atoms with Gasteiger partial charge in [0, 0.05) is 16.2 Å². The van der Waals surface area contributed by atoms with Crippen molar-refractivity contribution in [2.75, 3.05) is 6.61 Å². The second-order valence-electron chi connectivity index (χ2n) is 3.90. The van der Waals surface area contributed by atoms with E-state index in [1.807, 2.05) is 42.5 Å². The van der Waals surface area contributed by atoms with Crippen molar-refractivity contribution in [3.63, 3.8) is 0 Å². The van der Waals surface area contributed by atoms with Crippen molar-refractivity contribution in [3.05, 3.63) is 64.3 Å². The van der Waals surface area contributed by atoms with Gasteiger partial charge in [-0.2, -0.15) is 0 Å². The molecule has 1 N–H and O–H groups in total. The predicted octanol–water partition coefficient (Wildman–Crippen LogP) is 3.43. The molecule has 0 aliphatic carbocycles. The molecule has 4 heteroatoms. The maximum atomic E-state index is 9.22. The van der Waals surface area contributed by atoms with E-state index in [1.165, 1.54) is 0 Å². The molecule has 2 aromatic rings. The van der Waals surface area contributed by atoms with Crippen molar-refractivity contribution in [2.45, 2.75) is 6.61 Å². The van der Waals surface area contributed by atoms with E-state index in [0.29, 0.717) is 18.1 Å². The van der Waals surface area contributed by atoms with Gasteiger partial charge in [0.15, 0.2) is 0 Å². The van der Waals surface area contributed by atoms with Crippen molar-refractivity contribution in [3.8, 4) is 5.88 Å². The number of hydrogen-bond donors (Lipinski definition) is 1. The van der Waals surface area contributed by atoms with Crippen LogP contribution in [0.3, 0.4) is 0 Å². The second kappa shape index (κ2) is 7.07. The molecule has 0 atom stereocenters. The number of ether oxygens (including phenoxy) is 1. The van der Waals surface area contributed by atoms with Gasteiger partial charge in [0.1, 0.15) is 6.61 Å². The summed E-state index contributed by atoms with van der Waals surface area (Å²) in [6.45, 7) is 0.320. The van der Waals surface area contributed by atoms with Gasteiger partial charge in [-0.3, -0.25) is 0 Å². The Hall–Kier alpha value is -1.65. The Morgan fingerprint density at radius 2 is 2.05 bits per heavy atom. The highest BCUT2D eigenvalue weighted by molar-refractivity contribution is 9.10. The first-order valence-corrected chi connectivity index (χ1v) is 6.68. The Kier molecular flexibility index (Phi) is 5.12. The van der Waals surface area contributed by atoms with Crippen LogP contribution in [0.15, 0.2) is 53.1 Å². The lowest BCUT2D eigenvalue weighted by atomic mass is 10.2. The number of nitrogens with zero attached hydrogens (tertiary/aromatic N) is 1. The van der Waals surface area contributed by atoms with Crippen molar-refractivity contribution >= 4 is 22.0 Å². The summed E-state index contributed by atoms with van der Waals surface area (Å²) in [4.78, 5) is 4.13. The first kappa shape index (κ1) is 13.8. The van der Waals surface area contributed by atoms with Gasteiger partial charge < -0.3 is 9.84 Å².